The number of hydrogen-bond acceptors (Lipinski definition) is 4. The highest BCUT2D eigenvalue weighted by Gasteiger charge is 2.30. The minimum absolute atomic E-state index is 0.136. The van der Waals surface area contributed by atoms with Crippen molar-refractivity contribution in [2.24, 2.45) is 5.10 Å². The summed E-state index contributed by atoms with van der Waals surface area (Å²) < 4.78 is 49.4. The summed E-state index contributed by atoms with van der Waals surface area (Å²) in [6.07, 6.45) is -3.01. The highest BCUT2D eigenvalue weighted by atomic mass is 19.4. The smallest absolute Gasteiger partial charge is 0.416 e. The van der Waals surface area contributed by atoms with E-state index in [0.29, 0.717) is 17.9 Å². The second-order valence-corrected chi connectivity index (χ2v) is 6.33. The number of furan rings is 1. The average molecular weight is 416 g/mol. The number of ether oxygens (including phenoxy) is 1. The molecule has 1 aromatic heterocycles. The van der Waals surface area contributed by atoms with E-state index < -0.39 is 11.7 Å². The maximum atomic E-state index is 12.8. The van der Waals surface area contributed by atoms with Gasteiger partial charge in [0.05, 0.1) is 24.8 Å². The topological polar surface area (TPSA) is 63.8 Å². The van der Waals surface area contributed by atoms with Gasteiger partial charge in [-0.25, -0.2) is 5.43 Å². The zero-order valence-electron chi connectivity index (χ0n) is 16.1. The lowest BCUT2D eigenvalue weighted by molar-refractivity contribution is -0.137. The molecule has 3 aromatic rings. The van der Waals surface area contributed by atoms with Gasteiger partial charge in [0.15, 0.2) is 0 Å². The molecule has 0 bridgehead atoms. The summed E-state index contributed by atoms with van der Waals surface area (Å²) in [5.74, 6) is 0.973. The zero-order valence-corrected chi connectivity index (χ0v) is 16.1. The Kier molecular flexibility index (Phi) is 6.56. The number of carbonyl (C=O) groups excluding carboxylic acids is 1. The molecule has 5 nitrogen and oxygen atoms in total. The Morgan fingerprint density at radius 3 is 2.60 bits per heavy atom. The van der Waals surface area contributed by atoms with E-state index in [1.807, 2.05) is 6.92 Å². The van der Waals surface area contributed by atoms with E-state index in [9.17, 15) is 18.0 Å². The molecule has 30 heavy (non-hydrogen) atoms. The van der Waals surface area contributed by atoms with Gasteiger partial charge in [-0.2, -0.15) is 18.3 Å². The van der Waals surface area contributed by atoms with Crippen LogP contribution in [-0.2, 0) is 17.4 Å². The number of amides is 1. The molecular weight excluding hydrogens is 397 g/mol. The van der Waals surface area contributed by atoms with E-state index in [1.165, 1.54) is 18.3 Å². The monoisotopic (exact) mass is 416 g/mol. The molecule has 0 aliphatic rings. The number of nitrogens with one attached hydrogen (secondary N) is 1. The number of rotatable bonds is 7. The molecule has 1 heterocycles. The van der Waals surface area contributed by atoms with Crippen molar-refractivity contribution >= 4 is 12.1 Å². The maximum Gasteiger partial charge on any atom is 0.416 e. The molecule has 3 rings (SSSR count). The third kappa shape index (κ3) is 5.73. The Labute approximate surface area is 171 Å². The van der Waals surface area contributed by atoms with E-state index >= 15 is 0 Å². The summed E-state index contributed by atoms with van der Waals surface area (Å²) in [5.41, 5.74) is 2.73. The van der Waals surface area contributed by atoms with Crippen LogP contribution in [0.15, 0.2) is 70.2 Å². The number of nitrogens with zero attached hydrogens (tertiary/aromatic N) is 1. The highest BCUT2D eigenvalue weighted by Crippen LogP contribution is 2.32. The van der Waals surface area contributed by atoms with E-state index in [2.05, 4.69) is 10.5 Å². The molecular formula is C22H19F3N2O3. The Morgan fingerprint density at radius 2 is 1.90 bits per heavy atom. The first-order chi connectivity index (χ1) is 14.3. The molecule has 0 saturated carbocycles. The van der Waals surface area contributed by atoms with Gasteiger partial charge in [0.25, 0.3) is 0 Å². The van der Waals surface area contributed by atoms with Gasteiger partial charge in [0.2, 0.25) is 5.91 Å². The quantitative estimate of drug-likeness (QED) is 0.433. The molecule has 0 unspecified atom stereocenters. The van der Waals surface area contributed by atoms with Crippen molar-refractivity contribution in [2.45, 2.75) is 19.5 Å². The van der Waals surface area contributed by atoms with Gasteiger partial charge >= 0.3 is 6.18 Å². The predicted octanol–water partition coefficient (Wildman–Crippen LogP) is 5.06. The van der Waals surface area contributed by atoms with Crippen LogP contribution in [0.2, 0.25) is 0 Å². The van der Waals surface area contributed by atoms with Crippen molar-refractivity contribution in [1.29, 1.82) is 0 Å². The Morgan fingerprint density at radius 1 is 1.13 bits per heavy atom. The van der Waals surface area contributed by atoms with Gasteiger partial charge in [-0.3, -0.25) is 4.79 Å². The lowest BCUT2D eigenvalue weighted by Crippen LogP contribution is -2.19. The van der Waals surface area contributed by atoms with Crippen LogP contribution in [-0.4, -0.2) is 18.7 Å². The first-order valence-corrected chi connectivity index (χ1v) is 9.16. The maximum absolute atomic E-state index is 12.8. The van der Waals surface area contributed by atoms with E-state index in [-0.39, 0.29) is 18.1 Å². The lowest BCUT2D eigenvalue weighted by atomic mass is 10.1. The number of benzene rings is 2. The van der Waals surface area contributed by atoms with Crippen LogP contribution in [0.25, 0.3) is 11.3 Å². The molecule has 0 spiro atoms. The van der Waals surface area contributed by atoms with Crippen LogP contribution in [0, 0.1) is 0 Å². The number of hydrogen-bond donors (Lipinski definition) is 1. The first kappa shape index (κ1) is 21.2. The molecule has 0 saturated heterocycles. The van der Waals surface area contributed by atoms with Gasteiger partial charge in [0.1, 0.15) is 17.3 Å². The Bertz CT molecular complexity index is 1020. The van der Waals surface area contributed by atoms with Crippen molar-refractivity contribution in [2.75, 3.05) is 6.61 Å². The fourth-order valence-electron chi connectivity index (χ4n) is 2.69. The third-order valence-electron chi connectivity index (χ3n) is 4.08. The standard InChI is InChI=1S/C22H19F3N2O3/c1-2-29-18-8-6-15(7-9-18)12-21(28)27-26-14-19-10-11-20(30-19)16-4-3-5-17(13-16)22(23,24)25/h3-11,13-14H,2,12H2,1H3,(H,27,28)/b26-14-. The van der Waals surface area contributed by atoms with Crippen molar-refractivity contribution in [3.8, 4) is 17.1 Å². The number of halogens is 3. The molecule has 1 amide bonds. The molecule has 0 aliphatic heterocycles. The Balaban J connectivity index is 1.57. The molecule has 0 atom stereocenters. The summed E-state index contributed by atoms with van der Waals surface area (Å²) in [5, 5.41) is 3.83. The summed E-state index contributed by atoms with van der Waals surface area (Å²) in [4.78, 5) is 12.0. The number of alkyl halides is 3. The van der Waals surface area contributed by atoms with Crippen LogP contribution in [0.1, 0.15) is 23.8 Å². The number of carbonyl (C=O) groups is 1. The summed E-state index contributed by atoms with van der Waals surface area (Å²) >= 11 is 0. The lowest BCUT2D eigenvalue weighted by Gasteiger charge is -2.07. The predicted molar refractivity (Wildman–Crippen MR) is 106 cm³/mol. The van der Waals surface area contributed by atoms with Crippen LogP contribution in [0.4, 0.5) is 13.2 Å². The largest absolute Gasteiger partial charge is 0.494 e. The van der Waals surface area contributed by atoms with Gasteiger partial charge in [-0.05, 0) is 48.9 Å². The van der Waals surface area contributed by atoms with Gasteiger partial charge < -0.3 is 9.15 Å². The minimum Gasteiger partial charge on any atom is -0.494 e. The summed E-state index contributed by atoms with van der Waals surface area (Å²) in [6, 6.07) is 15.1. The van der Waals surface area contributed by atoms with Gasteiger partial charge in [-0.15, -0.1) is 0 Å². The van der Waals surface area contributed by atoms with Crippen LogP contribution in [0.5, 0.6) is 5.75 Å². The SMILES string of the molecule is CCOc1ccc(CC(=O)N/N=C\c2ccc(-c3cccc(C(F)(F)F)c3)o2)cc1. The average Bonchev–Trinajstić information content (AvgIpc) is 3.18. The van der Waals surface area contributed by atoms with Gasteiger partial charge in [0, 0.05) is 5.56 Å². The second kappa shape index (κ2) is 9.30. The van der Waals surface area contributed by atoms with Gasteiger partial charge in [-0.1, -0.05) is 24.3 Å². The fraction of sp³-hybridized carbons (Fsp3) is 0.182. The van der Waals surface area contributed by atoms with Crippen molar-refractivity contribution in [3.63, 3.8) is 0 Å². The molecule has 2 aromatic carbocycles. The zero-order chi connectivity index (χ0) is 21.6. The van der Waals surface area contributed by atoms with Crippen molar-refractivity contribution < 1.29 is 27.1 Å². The van der Waals surface area contributed by atoms with Crippen LogP contribution in [0.3, 0.4) is 0 Å². The summed E-state index contributed by atoms with van der Waals surface area (Å²) in [6.45, 7) is 2.46. The molecule has 156 valence electrons. The first-order valence-electron chi connectivity index (χ1n) is 9.16. The van der Waals surface area contributed by atoms with Crippen LogP contribution >= 0.6 is 0 Å². The minimum atomic E-state index is -4.43. The van der Waals surface area contributed by atoms with E-state index in [1.54, 1.807) is 36.4 Å². The molecule has 1 N–H and O–H groups in total. The molecule has 0 fully saturated rings. The highest BCUT2D eigenvalue weighted by molar-refractivity contribution is 5.82. The summed E-state index contributed by atoms with van der Waals surface area (Å²) in [7, 11) is 0. The second-order valence-electron chi connectivity index (χ2n) is 6.33. The van der Waals surface area contributed by atoms with Crippen LogP contribution < -0.4 is 10.2 Å². The van der Waals surface area contributed by atoms with Crippen molar-refractivity contribution in [3.05, 3.63) is 77.6 Å². The Hall–Kier alpha value is -3.55. The molecule has 0 aliphatic carbocycles. The van der Waals surface area contributed by atoms with E-state index in [4.69, 9.17) is 9.15 Å². The fourth-order valence-corrected chi connectivity index (χ4v) is 2.69. The van der Waals surface area contributed by atoms with Crippen molar-refractivity contribution in [1.82, 2.24) is 5.43 Å². The third-order valence-corrected chi connectivity index (χ3v) is 4.08. The molecule has 0 radical (unpaired) electrons. The number of hydrazone groups is 1. The molecule has 8 heteroatoms. The normalized spacial score (nSPS) is 11.6. The van der Waals surface area contributed by atoms with E-state index in [0.717, 1.165) is 23.4 Å².